The van der Waals surface area contributed by atoms with Crippen LogP contribution in [0.15, 0.2) is 53.3 Å². The predicted molar refractivity (Wildman–Crippen MR) is 131 cm³/mol. The van der Waals surface area contributed by atoms with E-state index < -0.39 is 0 Å². The Morgan fingerprint density at radius 3 is 2.42 bits per heavy atom. The highest BCUT2D eigenvalue weighted by molar-refractivity contribution is 5.79. The van der Waals surface area contributed by atoms with Crippen LogP contribution in [0.5, 0.6) is 0 Å². The highest BCUT2D eigenvalue weighted by Crippen LogP contribution is 2.21. The number of H-pyrrole nitrogens is 1. The van der Waals surface area contributed by atoms with Gasteiger partial charge in [0.25, 0.3) is 5.56 Å². The molecule has 33 heavy (non-hydrogen) atoms. The summed E-state index contributed by atoms with van der Waals surface area (Å²) in [6, 6.07) is 16.6. The van der Waals surface area contributed by atoms with Gasteiger partial charge in [-0.15, -0.1) is 5.10 Å². The fraction of sp³-hybridized carbons (Fsp3) is 0.385. The largest absolute Gasteiger partial charge is 0.322 e. The van der Waals surface area contributed by atoms with Crippen LogP contribution in [0.3, 0.4) is 0 Å². The first-order valence-corrected chi connectivity index (χ1v) is 11.4. The smallest absolute Gasteiger partial charge is 0.252 e. The van der Waals surface area contributed by atoms with Crippen molar-refractivity contribution in [2.24, 2.45) is 0 Å². The van der Waals surface area contributed by atoms with E-state index in [-0.39, 0.29) is 11.1 Å². The molecular weight excluding hydrogens is 412 g/mol. The molecule has 4 rings (SSSR count). The molecule has 7 heteroatoms. The molecule has 0 saturated carbocycles. The molecular formula is C26H32N6O. The van der Waals surface area contributed by atoms with E-state index in [0.29, 0.717) is 19.6 Å². The lowest BCUT2D eigenvalue weighted by Crippen LogP contribution is -2.32. The zero-order valence-electron chi connectivity index (χ0n) is 20.1. The average molecular weight is 445 g/mol. The third kappa shape index (κ3) is 5.20. The van der Waals surface area contributed by atoms with Crippen molar-refractivity contribution in [1.29, 1.82) is 0 Å². The van der Waals surface area contributed by atoms with E-state index in [4.69, 9.17) is 0 Å². The van der Waals surface area contributed by atoms with Gasteiger partial charge in [-0.3, -0.25) is 9.69 Å². The Morgan fingerprint density at radius 1 is 0.970 bits per heavy atom. The lowest BCUT2D eigenvalue weighted by atomic mass is 10.0. The number of nitrogens with zero attached hydrogens (tertiary/aromatic N) is 5. The Kier molecular flexibility index (Phi) is 6.42. The molecule has 0 amide bonds. The second-order valence-corrected chi connectivity index (χ2v) is 9.52. The van der Waals surface area contributed by atoms with Crippen molar-refractivity contribution in [3.05, 3.63) is 87.0 Å². The van der Waals surface area contributed by atoms with E-state index in [1.807, 2.05) is 23.7 Å². The van der Waals surface area contributed by atoms with Gasteiger partial charge in [0.15, 0.2) is 5.82 Å². The SMILES string of the molecule is CCC(C)(C)n1nnnc1CN(Cc1ccc(C)cc1)Cc1cc2ccc(C)cc2[nH]c1=O. The molecule has 0 saturated heterocycles. The van der Waals surface area contributed by atoms with Gasteiger partial charge in [0.2, 0.25) is 0 Å². The molecule has 0 spiro atoms. The van der Waals surface area contributed by atoms with Crippen LogP contribution in [0.4, 0.5) is 0 Å². The van der Waals surface area contributed by atoms with E-state index in [1.165, 1.54) is 11.1 Å². The number of hydrogen-bond acceptors (Lipinski definition) is 5. The van der Waals surface area contributed by atoms with E-state index >= 15 is 0 Å². The molecule has 0 aliphatic rings. The molecule has 0 aliphatic carbocycles. The molecule has 0 bridgehead atoms. The standard InChI is InChI=1S/C26H32N6O/c1-6-26(4,5)32-24(28-29-30-32)17-31(15-20-10-7-18(2)8-11-20)16-22-14-21-12-9-19(3)13-23(21)27-25(22)33/h7-14H,6,15-17H2,1-5H3,(H,27,33). The van der Waals surface area contributed by atoms with E-state index in [1.54, 1.807) is 0 Å². The van der Waals surface area contributed by atoms with Gasteiger partial charge in [0.1, 0.15) is 0 Å². The highest BCUT2D eigenvalue weighted by Gasteiger charge is 2.24. The van der Waals surface area contributed by atoms with Gasteiger partial charge in [0.05, 0.1) is 12.1 Å². The Hall–Kier alpha value is -3.32. The lowest BCUT2D eigenvalue weighted by molar-refractivity contribution is 0.217. The van der Waals surface area contributed by atoms with Gasteiger partial charge in [-0.2, -0.15) is 0 Å². The maximum absolute atomic E-state index is 12.9. The van der Waals surface area contributed by atoms with Crippen LogP contribution in [0, 0.1) is 13.8 Å². The second kappa shape index (κ2) is 9.27. The van der Waals surface area contributed by atoms with Crippen LogP contribution in [-0.4, -0.2) is 30.1 Å². The summed E-state index contributed by atoms with van der Waals surface area (Å²) in [5.41, 5.74) is 4.87. The first-order chi connectivity index (χ1) is 15.7. The van der Waals surface area contributed by atoms with Gasteiger partial charge in [-0.1, -0.05) is 48.9 Å². The molecule has 0 unspecified atom stereocenters. The van der Waals surface area contributed by atoms with Crippen molar-refractivity contribution in [2.45, 2.75) is 66.2 Å². The number of pyridine rings is 1. The summed E-state index contributed by atoms with van der Waals surface area (Å²) in [5, 5.41) is 13.6. The summed E-state index contributed by atoms with van der Waals surface area (Å²) >= 11 is 0. The molecule has 4 aromatic rings. The highest BCUT2D eigenvalue weighted by atomic mass is 16.1. The van der Waals surface area contributed by atoms with E-state index in [9.17, 15) is 4.79 Å². The van der Waals surface area contributed by atoms with Crippen LogP contribution in [-0.2, 0) is 25.2 Å². The first-order valence-electron chi connectivity index (χ1n) is 11.4. The minimum atomic E-state index is -0.188. The summed E-state index contributed by atoms with van der Waals surface area (Å²) in [6.07, 6.45) is 0.909. The molecule has 2 aromatic heterocycles. The summed E-state index contributed by atoms with van der Waals surface area (Å²) < 4.78 is 1.91. The van der Waals surface area contributed by atoms with Gasteiger partial charge in [-0.25, -0.2) is 4.68 Å². The molecule has 7 nitrogen and oxygen atoms in total. The Labute approximate surface area is 194 Å². The molecule has 2 aromatic carbocycles. The maximum Gasteiger partial charge on any atom is 0.252 e. The average Bonchev–Trinajstić information content (AvgIpc) is 3.25. The first kappa shape index (κ1) is 22.9. The molecule has 172 valence electrons. The van der Waals surface area contributed by atoms with E-state index in [2.05, 4.69) is 89.5 Å². The summed E-state index contributed by atoms with van der Waals surface area (Å²) in [5.74, 6) is 0.793. The van der Waals surface area contributed by atoms with Crippen molar-refractivity contribution in [3.63, 3.8) is 0 Å². The molecule has 0 radical (unpaired) electrons. The summed E-state index contributed by atoms with van der Waals surface area (Å²) in [4.78, 5) is 18.2. The Morgan fingerprint density at radius 2 is 1.70 bits per heavy atom. The summed E-state index contributed by atoms with van der Waals surface area (Å²) in [7, 11) is 0. The number of nitrogens with one attached hydrogen (secondary N) is 1. The fourth-order valence-corrected chi connectivity index (χ4v) is 3.96. The van der Waals surface area contributed by atoms with Crippen molar-refractivity contribution >= 4 is 10.9 Å². The number of fused-ring (bicyclic) bond motifs is 1. The maximum atomic E-state index is 12.9. The van der Waals surface area contributed by atoms with Gasteiger partial charge in [-0.05, 0) is 73.2 Å². The lowest BCUT2D eigenvalue weighted by Gasteiger charge is -2.27. The zero-order valence-corrected chi connectivity index (χ0v) is 20.1. The van der Waals surface area contributed by atoms with Crippen LogP contribution < -0.4 is 5.56 Å². The number of benzene rings is 2. The zero-order chi connectivity index (χ0) is 23.6. The monoisotopic (exact) mass is 444 g/mol. The summed E-state index contributed by atoms with van der Waals surface area (Å²) in [6.45, 7) is 12.2. The van der Waals surface area contributed by atoms with Crippen molar-refractivity contribution in [1.82, 2.24) is 30.1 Å². The minimum Gasteiger partial charge on any atom is -0.322 e. The molecule has 0 atom stereocenters. The van der Waals surface area contributed by atoms with Crippen LogP contribution in [0.25, 0.3) is 10.9 Å². The van der Waals surface area contributed by atoms with Gasteiger partial charge in [0, 0.05) is 24.2 Å². The van der Waals surface area contributed by atoms with Crippen molar-refractivity contribution < 1.29 is 0 Å². The molecule has 0 fully saturated rings. The number of aromatic nitrogens is 5. The normalized spacial score (nSPS) is 12.1. The third-order valence-corrected chi connectivity index (χ3v) is 6.34. The quantitative estimate of drug-likeness (QED) is 0.433. The van der Waals surface area contributed by atoms with Crippen molar-refractivity contribution in [3.8, 4) is 0 Å². The molecule has 2 heterocycles. The van der Waals surface area contributed by atoms with Crippen LogP contribution >= 0.6 is 0 Å². The van der Waals surface area contributed by atoms with Gasteiger partial charge >= 0.3 is 0 Å². The number of rotatable bonds is 8. The number of tetrazole rings is 1. The van der Waals surface area contributed by atoms with E-state index in [0.717, 1.165) is 34.3 Å². The van der Waals surface area contributed by atoms with Crippen LogP contribution in [0.2, 0.25) is 0 Å². The second-order valence-electron chi connectivity index (χ2n) is 9.52. The number of aromatic amines is 1. The molecule has 1 N–H and O–H groups in total. The number of aryl methyl sites for hydroxylation is 2. The Balaban J connectivity index is 1.68. The third-order valence-electron chi connectivity index (χ3n) is 6.34. The topological polar surface area (TPSA) is 79.7 Å². The predicted octanol–water partition coefficient (Wildman–Crippen LogP) is 4.48. The Bertz CT molecular complexity index is 1300. The van der Waals surface area contributed by atoms with Gasteiger partial charge < -0.3 is 4.98 Å². The van der Waals surface area contributed by atoms with Crippen molar-refractivity contribution in [2.75, 3.05) is 0 Å². The fourth-order valence-electron chi connectivity index (χ4n) is 3.96. The minimum absolute atomic E-state index is 0.0597. The van der Waals surface area contributed by atoms with Crippen LogP contribution in [0.1, 0.15) is 55.3 Å². The number of hydrogen-bond donors (Lipinski definition) is 1. The molecule has 0 aliphatic heterocycles.